The van der Waals surface area contributed by atoms with Crippen molar-refractivity contribution in [3.63, 3.8) is 0 Å². The average molecular weight is 375 g/mol. The van der Waals surface area contributed by atoms with Gasteiger partial charge in [0.15, 0.2) is 0 Å². The maximum absolute atomic E-state index is 3.85. The molecular weight excluding hydrogens is 348 g/mol. The van der Waals surface area contributed by atoms with E-state index in [9.17, 15) is 0 Å². The van der Waals surface area contributed by atoms with E-state index in [0.717, 1.165) is 0 Å². The van der Waals surface area contributed by atoms with Crippen molar-refractivity contribution in [2.75, 3.05) is 10.8 Å². The van der Waals surface area contributed by atoms with E-state index in [1.165, 1.54) is 41.3 Å². The summed E-state index contributed by atoms with van der Waals surface area (Å²) in [5.41, 5.74) is 6.23. The Morgan fingerprint density at radius 1 is 0.741 bits per heavy atom. The van der Waals surface area contributed by atoms with Gasteiger partial charge in [0.1, 0.15) is 0 Å². The number of nitrogens with one attached hydrogen (secondary N) is 1. The molecule has 3 aromatic carbocycles. The summed E-state index contributed by atoms with van der Waals surface area (Å²) in [6, 6.07) is 32.5. The second-order valence-corrected chi connectivity index (χ2v) is 8.15. The molecule has 138 valence electrons. The van der Waals surface area contributed by atoms with Crippen molar-refractivity contribution >= 4 is 23.1 Å². The fourth-order valence-electron chi connectivity index (χ4n) is 3.74. The number of hydrazine groups is 1. The van der Waals surface area contributed by atoms with Gasteiger partial charge in [0.05, 0.1) is 11.4 Å². The lowest BCUT2D eigenvalue weighted by Gasteiger charge is -2.32. The molecule has 0 bridgehead atoms. The van der Waals surface area contributed by atoms with Crippen LogP contribution in [0.3, 0.4) is 0 Å². The number of nitrogens with zero attached hydrogens (tertiary/aromatic N) is 1. The van der Waals surface area contributed by atoms with Crippen LogP contribution in [0.2, 0.25) is 0 Å². The fourth-order valence-corrected chi connectivity index (χ4v) is 4.90. The molecule has 4 rings (SSSR count). The van der Waals surface area contributed by atoms with Gasteiger partial charge in [-0.25, -0.2) is 5.43 Å². The van der Waals surface area contributed by atoms with Gasteiger partial charge >= 0.3 is 0 Å². The Morgan fingerprint density at radius 2 is 1.30 bits per heavy atom. The lowest BCUT2D eigenvalue weighted by Crippen LogP contribution is -2.44. The number of anilines is 2. The highest BCUT2D eigenvalue weighted by Gasteiger charge is 2.29. The summed E-state index contributed by atoms with van der Waals surface area (Å²) in [7, 11) is 0. The monoisotopic (exact) mass is 374 g/mol. The first-order valence-corrected chi connectivity index (χ1v) is 10.7. The molecule has 0 unspecified atom stereocenters. The maximum Gasteiger partial charge on any atom is 0.0577 e. The second-order valence-electron chi connectivity index (χ2n) is 7.06. The van der Waals surface area contributed by atoms with Gasteiger partial charge in [-0.2, -0.15) is 0 Å². The van der Waals surface area contributed by atoms with E-state index < -0.39 is 0 Å². The van der Waals surface area contributed by atoms with Gasteiger partial charge in [-0.05, 0) is 55.2 Å². The summed E-state index contributed by atoms with van der Waals surface area (Å²) >= 11 is 1.98. The summed E-state index contributed by atoms with van der Waals surface area (Å²) in [6.45, 7) is 0. The van der Waals surface area contributed by atoms with Crippen LogP contribution in [0.1, 0.15) is 19.3 Å². The van der Waals surface area contributed by atoms with Gasteiger partial charge in [0.2, 0.25) is 0 Å². The van der Waals surface area contributed by atoms with E-state index in [1.54, 1.807) is 0 Å². The molecule has 0 aromatic heterocycles. The summed E-state index contributed by atoms with van der Waals surface area (Å²) < 4.78 is 0. The number of hydrogen-bond acceptors (Lipinski definition) is 3. The summed E-state index contributed by atoms with van der Waals surface area (Å²) in [5.74, 6) is 1.85. The average Bonchev–Trinajstić information content (AvgIpc) is 3.19. The molecular formula is C24H26N2S. The van der Waals surface area contributed by atoms with Crippen molar-refractivity contribution in [1.29, 1.82) is 0 Å². The van der Waals surface area contributed by atoms with Crippen molar-refractivity contribution in [1.82, 2.24) is 5.43 Å². The zero-order valence-corrected chi connectivity index (χ0v) is 16.3. The van der Waals surface area contributed by atoms with Crippen molar-refractivity contribution < 1.29 is 0 Å². The number of thioether (sulfide) groups is 1. The van der Waals surface area contributed by atoms with Gasteiger partial charge in [-0.3, -0.25) is 5.01 Å². The Balaban J connectivity index is 1.48. The third-order valence-corrected chi connectivity index (χ3v) is 6.39. The number of rotatable bonds is 7. The molecule has 3 heteroatoms. The SMILES string of the molecule is c1ccc(SC[C@H]2CCC[C@H]2NN(c2ccccc2)c2ccccc2)cc1. The Hall–Kier alpha value is -2.23. The van der Waals surface area contributed by atoms with Crippen LogP contribution >= 0.6 is 11.8 Å². The lowest BCUT2D eigenvalue weighted by molar-refractivity contribution is 0.437. The zero-order chi connectivity index (χ0) is 18.3. The van der Waals surface area contributed by atoms with Gasteiger partial charge in [0.25, 0.3) is 0 Å². The van der Waals surface area contributed by atoms with Crippen LogP contribution in [-0.2, 0) is 0 Å². The number of hydrogen-bond donors (Lipinski definition) is 1. The minimum Gasteiger partial charge on any atom is -0.277 e. The smallest absolute Gasteiger partial charge is 0.0577 e. The highest BCUT2D eigenvalue weighted by Crippen LogP contribution is 2.33. The van der Waals surface area contributed by atoms with E-state index in [2.05, 4.69) is 101 Å². The van der Waals surface area contributed by atoms with E-state index >= 15 is 0 Å². The molecule has 1 N–H and O–H groups in total. The minimum absolute atomic E-state index is 0.502. The van der Waals surface area contributed by atoms with Crippen molar-refractivity contribution in [3.8, 4) is 0 Å². The number of benzene rings is 3. The maximum atomic E-state index is 3.85. The van der Waals surface area contributed by atoms with Crippen molar-refractivity contribution in [3.05, 3.63) is 91.0 Å². The normalized spacial score (nSPS) is 19.1. The Morgan fingerprint density at radius 3 is 1.89 bits per heavy atom. The molecule has 0 aliphatic heterocycles. The van der Waals surface area contributed by atoms with Gasteiger partial charge in [-0.1, -0.05) is 61.0 Å². The highest BCUT2D eigenvalue weighted by molar-refractivity contribution is 7.99. The van der Waals surface area contributed by atoms with E-state index in [0.29, 0.717) is 12.0 Å². The second kappa shape index (κ2) is 9.12. The Bertz CT molecular complexity index is 768. The summed E-state index contributed by atoms with van der Waals surface area (Å²) in [5, 5.41) is 2.26. The van der Waals surface area contributed by atoms with E-state index in [-0.39, 0.29) is 0 Å². The van der Waals surface area contributed by atoms with Crippen LogP contribution in [0.4, 0.5) is 11.4 Å². The van der Waals surface area contributed by atoms with Crippen LogP contribution in [0.15, 0.2) is 95.9 Å². The standard InChI is InChI=1S/C24H26N2S/c1-4-12-21(13-5-1)26(22-14-6-2-7-15-22)25-24-18-10-11-20(24)19-27-23-16-8-3-9-17-23/h1-9,12-17,20,24-25H,10-11,18-19H2/t20-,24-/m1/s1. The topological polar surface area (TPSA) is 15.3 Å². The lowest BCUT2D eigenvalue weighted by atomic mass is 10.1. The van der Waals surface area contributed by atoms with E-state index in [4.69, 9.17) is 0 Å². The predicted octanol–water partition coefficient (Wildman–Crippen LogP) is 6.29. The Kier molecular flexibility index (Phi) is 6.13. The number of para-hydroxylation sites is 2. The molecule has 0 saturated heterocycles. The molecule has 1 fully saturated rings. The van der Waals surface area contributed by atoms with Crippen molar-refractivity contribution in [2.45, 2.75) is 30.2 Å². The molecule has 2 atom stereocenters. The predicted molar refractivity (Wildman–Crippen MR) is 116 cm³/mol. The molecule has 0 amide bonds. The van der Waals surface area contributed by atoms with E-state index in [1.807, 2.05) is 11.8 Å². The van der Waals surface area contributed by atoms with Gasteiger partial charge in [-0.15, -0.1) is 11.8 Å². The molecule has 0 heterocycles. The van der Waals surface area contributed by atoms with Crippen LogP contribution in [0.25, 0.3) is 0 Å². The molecule has 0 spiro atoms. The fraction of sp³-hybridized carbons (Fsp3) is 0.250. The van der Waals surface area contributed by atoms with Crippen LogP contribution in [-0.4, -0.2) is 11.8 Å². The van der Waals surface area contributed by atoms with Gasteiger partial charge < -0.3 is 0 Å². The van der Waals surface area contributed by atoms with Crippen LogP contribution in [0, 0.1) is 5.92 Å². The first-order valence-electron chi connectivity index (χ1n) is 9.74. The molecule has 0 radical (unpaired) electrons. The molecule has 1 saturated carbocycles. The molecule has 2 nitrogen and oxygen atoms in total. The Labute approximate surface area is 166 Å². The minimum atomic E-state index is 0.502. The third kappa shape index (κ3) is 4.74. The zero-order valence-electron chi connectivity index (χ0n) is 15.5. The highest BCUT2D eigenvalue weighted by atomic mass is 32.2. The molecule has 27 heavy (non-hydrogen) atoms. The van der Waals surface area contributed by atoms with Crippen LogP contribution in [0.5, 0.6) is 0 Å². The molecule has 3 aromatic rings. The van der Waals surface area contributed by atoms with Crippen LogP contribution < -0.4 is 10.4 Å². The van der Waals surface area contributed by atoms with Crippen molar-refractivity contribution in [2.24, 2.45) is 5.92 Å². The quantitative estimate of drug-likeness (QED) is 0.386. The first-order chi connectivity index (χ1) is 13.4. The first kappa shape index (κ1) is 18.1. The summed E-state index contributed by atoms with van der Waals surface area (Å²) in [4.78, 5) is 1.37. The molecule has 1 aliphatic carbocycles. The molecule has 1 aliphatic rings. The largest absolute Gasteiger partial charge is 0.277 e. The van der Waals surface area contributed by atoms with Gasteiger partial charge in [0, 0.05) is 16.7 Å². The third-order valence-electron chi connectivity index (χ3n) is 5.19. The summed E-state index contributed by atoms with van der Waals surface area (Å²) in [6.07, 6.45) is 3.83.